The van der Waals surface area contributed by atoms with Crippen molar-refractivity contribution in [1.82, 2.24) is 24.5 Å². The Morgan fingerprint density at radius 3 is 2.67 bits per heavy atom. The number of pyridine rings is 1. The lowest BCUT2D eigenvalue weighted by Crippen LogP contribution is -2.35. The Bertz CT molecular complexity index is 1110. The highest BCUT2D eigenvalue weighted by atomic mass is 16.5. The van der Waals surface area contributed by atoms with Gasteiger partial charge in [-0.1, -0.05) is 36.4 Å². The molecule has 0 saturated carbocycles. The fraction of sp³-hybridized carbons (Fsp3) is 0.261. The zero-order valence-corrected chi connectivity index (χ0v) is 16.7. The normalized spacial score (nSPS) is 14.8. The maximum Gasteiger partial charge on any atom is 0.162 e. The first-order valence-electron chi connectivity index (χ1n) is 10.2. The Labute approximate surface area is 175 Å². The van der Waals surface area contributed by atoms with Gasteiger partial charge in [0.15, 0.2) is 5.65 Å². The molecule has 1 aliphatic heterocycles. The molecule has 0 aliphatic carbocycles. The van der Waals surface area contributed by atoms with E-state index >= 15 is 0 Å². The largest absolute Gasteiger partial charge is 0.379 e. The second kappa shape index (κ2) is 8.61. The standard InChI is InChI=1S/C23H24N6O/c1-2-6-19(7-3-1)21-13-22(25-15-18-5-4-8-24-14-18)29-23(27-21)20(16-26-29)17-28-9-11-30-12-10-28/h1-8,13-14,16,25H,9-12,15,17H2. The summed E-state index contributed by atoms with van der Waals surface area (Å²) in [6, 6.07) is 16.3. The molecule has 1 saturated heterocycles. The van der Waals surface area contributed by atoms with Crippen LogP contribution >= 0.6 is 0 Å². The van der Waals surface area contributed by atoms with Gasteiger partial charge in [0, 0.05) is 55.8 Å². The van der Waals surface area contributed by atoms with Gasteiger partial charge < -0.3 is 10.1 Å². The molecule has 1 aromatic carbocycles. The molecule has 0 atom stereocenters. The van der Waals surface area contributed by atoms with Crippen molar-refractivity contribution in [3.8, 4) is 11.3 Å². The molecule has 1 aliphatic rings. The first-order valence-corrected chi connectivity index (χ1v) is 10.2. The van der Waals surface area contributed by atoms with Crippen LogP contribution in [0.4, 0.5) is 5.82 Å². The minimum Gasteiger partial charge on any atom is -0.379 e. The Balaban J connectivity index is 1.51. The van der Waals surface area contributed by atoms with Crippen LogP contribution in [0.3, 0.4) is 0 Å². The van der Waals surface area contributed by atoms with Crippen molar-refractivity contribution in [1.29, 1.82) is 0 Å². The molecule has 0 amide bonds. The van der Waals surface area contributed by atoms with Crippen LogP contribution in [0.5, 0.6) is 0 Å². The van der Waals surface area contributed by atoms with E-state index in [1.165, 1.54) is 0 Å². The molecule has 3 aromatic heterocycles. The van der Waals surface area contributed by atoms with Crippen molar-refractivity contribution in [2.24, 2.45) is 0 Å². The van der Waals surface area contributed by atoms with Gasteiger partial charge in [0.1, 0.15) is 5.82 Å². The van der Waals surface area contributed by atoms with Gasteiger partial charge in [-0.25, -0.2) is 4.98 Å². The van der Waals surface area contributed by atoms with Gasteiger partial charge >= 0.3 is 0 Å². The smallest absolute Gasteiger partial charge is 0.162 e. The minimum absolute atomic E-state index is 0.667. The number of aromatic nitrogens is 4. The van der Waals surface area contributed by atoms with Crippen LogP contribution < -0.4 is 5.32 Å². The predicted molar refractivity (Wildman–Crippen MR) is 116 cm³/mol. The highest BCUT2D eigenvalue weighted by Gasteiger charge is 2.17. The number of hydrogen-bond donors (Lipinski definition) is 1. The maximum absolute atomic E-state index is 5.48. The summed E-state index contributed by atoms with van der Waals surface area (Å²) in [4.78, 5) is 11.6. The summed E-state index contributed by atoms with van der Waals surface area (Å²) in [6.07, 6.45) is 5.59. The first kappa shape index (κ1) is 18.7. The maximum atomic E-state index is 5.48. The zero-order chi connectivity index (χ0) is 20.2. The Hall–Kier alpha value is -3.29. The molecule has 0 spiro atoms. The van der Waals surface area contributed by atoms with Crippen molar-refractivity contribution >= 4 is 11.5 Å². The van der Waals surface area contributed by atoms with Crippen LogP contribution in [0.2, 0.25) is 0 Å². The average Bonchev–Trinajstić information content (AvgIpc) is 3.22. The summed E-state index contributed by atoms with van der Waals surface area (Å²) in [6.45, 7) is 4.91. The molecule has 4 heterocycles. The van der Waals surface area contributed by atoms with Crippen LogP contribution in [0.15, 0.2) is 67.1 Å². The molecule has 7 nitrogen and oxygen atoms in total. The number of nitrogens with one attached hydrogen (secondary N) is 1. The van der Waals surface area contributed by atoms with E-state index in [2.05, 4.69) is 44.6 Å². The van der Waals surface area contributed by atoms with E-state index in [9.17, 15) is 0 Å². The molecular weight excluding hydrogens is 376 g/mol. The number of hydrogen-bond acceptors (Lipinski definition) is 6. The van der Waals surface area contributed by atoms with Crippen LogP contribution in [0, 0.1) is 0 Å². The van der Waals surface area contributed by atoms with Crippen molar-refractivity contribution in [3.05, 3.63) is 78.2 Å². The van der Waals surface area contributed by atoms with Crippen molar-refractivity contribution in [2.45, 2.75) is 13.1 Å². The molecule has 0 unspecified atom stereocenters. The number of morpholine rings is 1. The lowest BCUT2D eigenvalue weighted by atomic mass is 10.1. The first-order chi connectivity index (χ1) is 14.9. The topological polar surface area (TPSA) is 67.6 Å². The highest BCUT2D eigenvalue weighted by Crippen LogP contribution is 2.25. The van der Waals surface area contributed by atoms with Gasteiger partial charge in [-0.3, -0.25) is 9.88 Å². The molecule has 0 bridgehead atoms. The van der Waals surface area contributed by atoms with Crippen molar-refractivity contribution in [3.63, 3.8) is 0 Å². The van der Waals surface area contributed by atoms with Gasteiger partial charge in [0.25, 0.3) is 0 Å². The second-order valence-electron chi connectivity index (χ2n) is 7.40. The van der Waals surface area contributed by atoms with Crippen LogP contribution in [-0.4, -0.2) is 50.8 Å². The zero-order valence-electron chi connectivity index (χ0n) is 16.7. The molecular formula is C23H24N6O. The fourth-order valence-corrected chi connectivity index (χ4v) is 3.70. The molecule has 1 N–H and O–H groups in total. The van der Waals surface area contributed by atoms with Gasteiger partial charge in [0.05, 0.1) is 25.1 Å². The van der Waals surface area contributed by atoms with Crippen molar-refractivity contribution < 1.29 is 4.74 Å². The van der Waals surface area contributed by atoms with E-state index in [1.54, 1.807) is 6.20 Å². The summed E-state index contributed by atoms with van der Waals surface area (Å²) in [7, 11) is 0. The third kappa shape index (κ3) is 4.03. The molecule has 4 aromatic rings. The average molecular weight is 400 g/mol. The lowest BCUT2D eigenvalue weighted by Gasteiger charge is -2.26. The third-order valence-corrected chi connectivity index (χ3v) is 5.31. The predicted octanol–water partition coefficient (Wildman–Crippen LogP) is 3.24. The number of anilines is 1. The minimum atomic E-state index is 0.667. The van der Waals surface area contributed by atoms with Crippen LogP contribution in [-0.2, 0) is 17.8 Å². The summed E-state index contributed by atoms with van der Waals surface area (Å²) < 4.78 is 7.38. The molecule has 1 fully saturated rings. The Kier molecular flexibility index (Phi) is 5.37. The third-order valence-electron chi connectivity index (χ3n) is 5.31. The van der Waals surface area contributed by atoms with E-state index in [0.29, 0.717) is 6.54 Å². The van der Waals surface area contributed by atoms with Crippen molar-refractivity contribution in [2.75, 3.05) is 31.6 Å². The highest BCUT2D eigenvalue weighted by molar-refractivity contribution is 5.67. The van der Waals surface area contributed by atoms with E-state index in [1.807, 2.05) is 41.2 Å². The summed E-state index contributed by atoms with van der Waals surface area (Å²) in [5.41, 5.74) is 5.14. The number of rotatable bonds is 6. The quantitative estimate of drug-likeness (QED) is 0.536. The fourth-order valence-electron chi connectivity index (χ4n) is 3.70. The van der Waals surface area contributed by atoms with Gasteiger partial charge in [-0.2, -0.15) is 9.61 Å². The number of benzene rings is 1. The summed E-state index contributed by atoms with van der Waals surface area (Å²) >= 11 is 0. The van der Waals surface area contributed by atoms with Crippen LogP contribution in [0.1, 0.15) is 11.1 Å². The molecule has 7 heteroatoms. The molecule has 0 radical (unpaired) electrons. The van der Waals surface area contributed by atoms with E-state index < -0.39 is 0 Å². The van der Waals surface area contributed by atoms with Crippen LogP contribution in [0.25, 0.3) is 16.9 Å². The lowest BCUT2D eigenvalue weighted by molar-refractivity contribution is 0.0343. The number of nitrogens with zero attached hydrogens (tertiary/aromatic N) is 5. The van der Waals surface area contributed by atoms with Gasteiger partial charge in [-0.15, -0.1) is 0 Å². The molecule has 30 heavy (non-hydrogen) atoms. The SMILES string of the molecule is c1ccc(-c2cc(NCc3cccnc3)n3ncc(CN4CCOCC4)c3n2)cc1. The Morgan fingerprint density at radius 2 is 1.87 bits per heavy atom. The second-order valence-corrected chi connectivity index (χ2v) is 7.40. The van der Waals surface area contributed by atoms with Gasteiger partial charge in [-0.05, 0) is 11.6 Å². The van der Waals surface area contributed by atoms with E-state index in [0.717, 1.165) is 66.7 Å². The summed E-state index contributed by atoms with van der Waals surface area (Å²) in [5, 5.41) is 8.17. The molecule has 152 valence electrons. The number of ether oxygens (including phenoxy) is 1. The summed E-state index contributed by atoms with van der Waals surface area (Å²) in [5.74, 6) is 0.913. The number of fused-ring (bicyclic) bond motifs is 1. The Morgan fingerprint density at radius 1 is 1.00 bits per heavy atom. The van der Waals surface area contributed by atoms with E-state index in [-0.39, 0.29) is 0 Å². The van der Waals surface area contributed by atoms with E-state index in [4.69, 9.17) is 9.72 Å². The molecule has 5 rings (SSSR count). The van der Waals surface area contributed by atoms with Gasteiger partial charge in [0.2, 0.25) is 0 Å². The monoisotopic (exact) mass is 400 g/mol.